The third-order valence-corrected chi connectivity index (χ3v) is 7.30. The predicted molar refractivity (Wildman–Crippen MR) is 125 cm³/mol. The van der Waals surface area contributed by atoms with Crippen molar-refractivity contribution in [2.75, 3.05) is 13.2 Å². The summed E-state index contributed by atoms with van der Waals surface area (Å²) in [7, 11) is 0. The maximum absolute atomic E-state index is 15.2. The molecule has 2 saturated carbocycles. The quantitative estimate of drug-likeness (QED) is 0.438. The molecule has 1 heterocycles. The van der Waals surface area contributed by atoms with Gasteiger partial charge in [0, 0.05) is 30.9 Å². The highest BCUT2D eigenvalue weighted by molar-refractivity contribution is 5.98. The number of halogens is 3. The number of hydrogen-bond acceptors (Lipinski definition) is 4. The van der Waals surface area contributed by atoms with E-state index in [9.17, 15) is 18.4 Å². The molecule has 4 rings (SSSR count). The van der Waals surface area contributed by atoms with Crippen LogP contribution in [0, 0.1) is 11.2 Å². The lowest BCUT2D eigenvalue weighted by Crippen LogP contribution is -2.43. The number of rotatable bonds is 6. The van der Waals surface area contributed by atoms with Crippen molar-refractivity contribution in [3.8, 4) is 5.75 Å². The molecule has 5 nitrogen and oxygen atoms in total. The molecule has 1 aliphatic heterocycles. The molecule has 0 aromatic heterocycles. The smallest absolute Gasteiger partial charge is 0.329 e. The number of esters is 1. The molecule has 0 spiro atoms. The maximum Gasteiger partial charge on any atom is 0.329 e. The van der Waals surface area contributed by atoms with E-state index in [1.54, 1.807) is 26.8 Å². The van der Waals surface area contributed by atoms with E-state index in [0.717, 1.165) is 18.4 Å². The first-order valence-corrected chi connectivity index (χ1v) is 12.6. The lowest BCUT2D eigenvalue weighted by atomic mass is 9.75. The van der Waals surface area contributed by atoms with E-state index in [2.05, 4.69) is 0 Å². The highest BCUT2D eigenvalue weighted by atomic mass is 19.3. The van der Waals surface area contributed by atoms with Crippen LogP contribution in [0.1, 0.15) is 101 Å². The molecule has 3 fully saturated rings. The average molecular weight is 496 g/mol. The molecular formula is C27H36F3NO4. The molecule has 35 heavy (non-hydrogen) atoms. The van der Waals surface area contributed by atoms with Gasteiger partial charge in [0.25, 0.3) is 5.91 Å². The van der Waals surface area contributed by atoms with Crippen LogP contribution in [0.5, 0.6) is 5.75 Å². The first-order chi connectivity index (χ1) is 16.3. The van der Waals surface area contributed by atoms with Crippen molar-refractivity contribution in [3.63, 3.8) is 0 Å². The Hall–Kier alpha value is -2.25. The second-order valence-corrected chi connectivity index (χ2v) is 11.8. The second-order valence-electron chi connectivity index (χ2n) is 11.8. The summed E-state index contributed by atoms with van der Waals surface area (Å²) >= 11 is 0. The fourth-order valence-electron chi connectivity index (χ4n) is 4.97. The number of likely N-dealkylation sites (tertiary alicyclic amines) is 1. The summed E-state index contributed by atoms with van der Waals surface area (Å²) in [6.45, 7) is 7.82. The number of hydrogen-bond donors (Lipinski definition) is 0. The molecule has 1 amide bonds. The molecule has 8 heteroatoms. The van der Waals surface area contributed by atoms with Crippen LogP contribution < -0.4 is 4.74 Å². The van der Waals surface area contributed by atoms with Gasteiger partial charge in [0.15, 0.2) is 0 Å². The molecular weight excluding hydrogens is 459 g/mol. The van der Waals surface area contributed by atoms with E-state index >= 15 is 4.39 Å². The van der Waals surface area contributed by atoms with Crippen molar-refractivity contribution < 1.29 is 32.2 Å². The topological polar surface area (TPSA) is 55.8 Å². The van der Waals surface area contributed by atoms with Gasteiger partial charge in [-0.05, 0) is 76.8 Å². The lowest BCUT2D eigenvalue weighted by molar-refractivity contribution is -0.159. The summed E-state index contributed by atoms with van der Waals surface area (Å²) in [5.41, 5.74) is -0.377. The maximum atomic E-state index is 15.2. The van der Waals surface area contributed by atoms with Crippen LogP contribution in [0.4, 0.5) is 13.2 Å². The zero-order valence-corrected chi connectivity index (χ0v) is 21.1. The first kappa shape index (κ1) is 25.8. The Labute approximate surface area is 205 Å². The molecule has 1 atom stereocenters. The highest BCUT2D eigenvalue weighted by Gasteiger charge is 2.42. The number of carbonyl (C=O) groups is 2. The Bertz CT molecular complexity index is 973. The zero-order chi connectivity index (χ0) is 25.6. The van der Waals surface area contributed by atoms with Crippen LogP contribution in [0.15, 0.2) is 12.1 Å². The fraction of sp³-hybridized carbons (Fsp3) is 0.704. The van der Waals surface area contributed by atoms with E-state index < -0.39 is 40.7 Å². The van der Waals surface area contributed by atoms with E-state index in [-0.39, 0.29) is 30.9 Å². The summed E-state index contributed by atoms with van der Waals surface area (Å²) in [6.07, 6.45) is 3.32. The standard InChI is InChI=1S/C27H36F3NO4/c1-25(2,3)35-24(33)21-6-5-13-31(21)23(32)19-14-18(17-7-8-17)22(15-20(19)28)34-16-26(4)9-11-27(29,30)12-10-26/h14-15,17,21H,5-13,16H2,1-4H3. The number of amides is 1. The molecule has 1 unspecified atom stereocenters. The van der Waals surface area contributed by atoms with Crippen molar-refractivity contribution in [2.24, 2.45) is 5.41 Å². The third kappa shape index (κ3) is 6.12. The average Bonchev–Trinajstić information content (AvgIpc) is 3.48. The summed E-state index contributed by atoms with van der Waals surface area (Å²) < 4.78 is 53.9. The normalized spacial score (nSPS) is 23.7. The largest absolute Gasteiger partial charge is 0.493 e. The minimum absolute atomic E-state index is 0.0711. The van der Waals surface area contributed by atoms with Gasteiger partial charge in [0.2, 0.25) is 5.92 Å². The van der Waals surface area contributed by atoms with Gasteiger partial charge in [-0.15, -0.1) is 0 Å². The summed E-state index contributed by atoms with van der Waals surface area (Å²) in [5, 5.41) is 0. The highest BCUT2D eigenvalue weighted by Crippen LogP contribution is 2.47. The Balaban J connectivity index is 1.51. The van der Waals surface area contributed by atoms with E-state index in [1.807, 2.05) is 6.92 Å². The van der Waals surface area contributed by atoms with Crippen molar-refractivity contribution >= 4 is 11.9 Å². The molecule has 1 saturated heterocycles. The van der Waals surface area contributed by atoms with Crippen LogP contribution in [-0.2, 0) is 9.53 Å². The lowest BCUT2D eigenvalue weighted by Gasteiger charge is -2.37. The Morgan fingerprint density at radius 3 is 2.34 bits per heavy atom. The van der Waals surface area contributed by atoms with Gasteiger partial charge < -0.3 is 14.4 Å². The van der Waals surface area contributed by atoms with Crippen LogP contribution in [0.3, 0.4) is 0 Å². The summed E-state index contributed by atoms with van der Waals surface area (Å²) in [4.78, 5) is 27.4. The zero-order valence-electron chi connectivity index (χ0n) is 21.1. The molecule has 0 bridgehead atoms. The molecule has 1 aromatic rings. The molecule has 3 aliphatic rings. The number of ether oxygens (including phenoxy) is 2. The number of nitrogens with zero attached hydrogens (tertiary/aromatic N) is 1. The molecule has 0 N–H and O–H groups in total. The molecule has 1 aromatic carbocycles. The Morgan fingerprint density at radius 2 is 1.74 bits per heavy atom. The number of benzene rings is 1. The molecule has 0 radical (unpaired) electrons. The van der Waals surface area contributed by atoms with Gasteiger partial charge in [0.1, 0.15) is 23.2 Å². The summed E-state index contributed by atoms with van der Waals surface area (Å²) in [6, 6.07) is 2.08. The van der Waals surface area contributed by atoms with Gasteiger partial charge in [-0.1, -0.05) is 6.92 Å². The van der Waals surface area contributed by atoms with Crippen molar-refractivity contribution in [2.45, 2.75) is 103 Å². The van der Waals surface area contributed by atoms with E-state index in [1.165, 1.54) is 11.0 Å². The SMILES string of the molecule is CC1(COc2cc(F)c(C(=O)N3CCCC3C(=O)OC(C)(C)C)cc2C2CC2)CCC(F)(F)CC1. The van der Waals surface area contributed by atoms with Crippen LogP contribution in [0.25, 0.3) is 0 Å². The van der Waals surface area contributed by atoms with Crippen molar-refractivity contribution in [3.05, 3.63) is 29.1 Å². The minimum atomic E-state index is -2.63. The van der Waals surface area contributed by atoms with E-state index in [0.29, 0.717) is 38.0 Å². The fourth-order valence-corrected chi connectivity index (χ4v) is 4.97. The minimum Gasteiger partial charge on any atom is -0.493 e. The van der Waals surface area contributed by atoms with Crippen LogP contribution >= 0.6 is 0 Å². The van der Waals surface area contributed by atoms with E-state index in [4.69, 9.17) is 9.47 Å². The van der Waals surface area contributed by atoms with Crippen LogP contribution in [-0.4, -0.2) is 47.5 Å². The Kier molecular flexibility index (Phi) is 6.88. The Morgan fingerprint density at radius 1 is 1.09 bits per heavy atom. The van der Waals surface area contributed by atoms with Crippen molar-refractivity contribution in [1.29, 1.82) is 0 Å². The van der Waals surface area contributed by atoms with Crippen LogP contribution in [0.2, 0.25) is 0 Å². The molecule has 2 aliphatic carbocycles. The molecule has 194 valence electrons. The predicted octanol–water partition coefficient (Wildman–Crippen LogP) is 6.24. The summed E-state index contributed by atoms with van der Waals surface area (Å²) in [5.74, 6) is -3.77. The van der Waals surface area contributed by atoms with Crippen molar-refractivity contribution in [1.82, 2.24) is 4.90 Å². The van der Waals surface area contributed by atoms with Gasteiger partial charge in [-0.3, -0.25) is 4.79 Å². The second kappa shape index (κ2) is 9.32. The first-order valence-electron chi connectivity index (χ1n) is 12.6. The number of carbonyl (C=O) groups excluding carboxylic acids is 2. The van der Waals surface area contributed by atoms with Gasteiger partial charge in [-0.2, -0.15) is 0 Å². The van der Waals surface area contributed by atoms with Gasteiger partial charge >= 0.3 is 5.97 Å². The number of alkyl halides is 2. The van der Waals surface area contributed by atoms with Gasteiger partial charge in [-0.25, -0.2) is 18.0 Å². The monoisotopic (exact) mass is 495 g/mol. The van der Waals surface area contributed by atoms with Gasteiger partial charge in [0.05, 0.1) is 12.2 Å². The third-order valence-electron chi connectivity index (χ3n) is 7.30.